The number of nitrogens with zero attached hydrogens (tertiary/aromatic N) is 3. The van der Waals surface area contributed by atoms with Crippen LogP contribution in [0.15, 0.2) is 70.9 Å². The summed E-state index contributed by atoms with van der Waals surface area (Å²) in [5, 5.41) is 21.9. The van der Waals surface area contributed by atoms with Gasteiger partial charge in [-0.25, -0.2) is 27.5 Å². The van der Waals surface area contributed by atoms with Crippen LogP contribution in [0.3, 0.4) is 0 Å². The summed E-state index contributed by atoms with van der Waals surface area (Å²) >= 11 is 1.16. The van der Waals surface area contributed by atoms with Crippen LogP contribution in [0.25, 0.3) is 27.5 Å². The molecule has 1 unspecified atom stereocenters. The first kappa shape index (κ1) is 28.9. The van der Waals surface area contributed by atoms with Crippen LogP contribution in [0.1, 0.15) is 45.7 Å². The highest BCUT2D eigenvalue weighted by molar-refractivity contribution is 7.98. The highest BCUT2D eigenvalue weighted by Crippen LogP contribution is 2.39. The van der Waals surface area contributed by atoms with Gasteiger partial charge in [-0.1, -0.05) is 35.9 Å². The van der Waals surface area contributed by atoms with Gasteiger partial charge in [0.25, 0.3) is 0 Å². The van der Waals surface area contributed by atoms with Crippen molar-refractivity contribution in [3.8, 4) is 27.5 Å². The van der Waals surface area contributed by atoms with Gasteiger partial charge in [-0.15, -0.1) is 11.3 Å². The third kappa shape index (κ3) is 6.01. The van der Waals surface area contributed by atoms with Crippen molar-refractivity contribution in [1.82, 2.24) is 14.8 Å². The molecular formula is C32H28F2N4O3S2. The number of thiazole rings is 1. The molecule has 0 saturated heterocycles. The van der Waals surface area contributed by atoms with Gasteiger partial charge >= 0.3 is 5.97 Å². The zero-order chi connectivity index (χ0) is 30.5. The van der Waals surface area contributed by atoms with Crippen molar-refractivity contribution in [1.29, 1.82) is 0 Å². The fraction of sp³-hybridized carbons (Fsp3) is 0.188. The molecule has 11 heteroatoms. The van der Waals surface area contributed by atoms with E-state index in [9.17, 15) is 14.1 Å². The Morgan fingerprint density at radius 2 is 1.91 bits per heavy atom. The van der Waals surface area contributed by atoms with E-state index in [1.165, 1.54) is 23.6 Å². The molecule has 0 amide bonds. The van der Waals surface area contributed by atoms with E-state index in [1.807, 2.05) is 31.2 Å². The number of hydrogen-bond donors (Lipinski definition) is 2. The molecule has 0 bridgehead atoms. The lowest BCUT2D eigenvalue weighted by Gasteiger charge is -2.11. The number of nitrogens with two attached hydrogens (primary N) is 1. The van der Waals surface area contributed by atoms with Crippen molar-refractivity contribution in [3.05, 3.63) is 106 Å². The molecule has 2 heterocycles. The van der Waals surface area contributed by atoms with Crippen LogP contribution in [-0.2, 0) is 22.5 Å². The normalized spacial score (nSPS) is 14.5. The molecule has 2 aromatic heterocycles. The second-order valence-corrected chi connectivity index (χ2v) is 13.6. The molecule has 3 N–H and O–H groups in total. The van der Waals surface area contributed by atoms with Gasteiger partial charge in [-0.2, -0.15) is 5.10 Å². The number of aromatic nitrogens is 3. The highest BCUT2D eigenvalue weighted by atomic mass is 32.2. The third-order valence-electron chi connectivity index (χ3n) is 7.48. The number of rotatable bonds is 9. The number of benzene rings is 3. The molecule has 7 nitrogen and oxygen atoms in total. The lowest BCUT2D eigenvalue weighted by Crippen LogP contribution is -2.14. The second kappa shape index (κ2) is 11.1. The number of aryl methyl sites for hydroxylation is 1. The van der Waals surface area contributed by atoms with E-state index in [0.29, 0.717) is 39.9 Å². The Balaban J connectivity index is 1.55. The van der Waals surface area contributed by atoms with Crippen LogP contribution in [0.4, 0.5) is 8.78 Å². The van der Waals surface area contributed by atoms with E-state index in [0.717, 1.165) is 46.6 Å². The van der Waals surface area contributed by atoms with E-state index in [1.54, 1.807) is 22.9 Å². The minimum absolute atomic E-state index is 0.0873. The standard InChI is InChI=1S/C32H28F2N4O3S2/c1-18-4-3-5-21(12-18)23-16-22(9-10-25(23)33)30-24(13-20-8-11-29(26(34)14-20)43(2,35)41)28(15-19-6-7-19)38(37-30)32-36-27(17-42-32)31(39)40/h3-5,8-12,14,16-17,19H,2,6-7,13,15H2,1H3,(H2,35,41)(H,39,40). The number of aromatic carboxylic acids is 1. The molecule has 1 atom stereocenters. The topological polar surface area (TPSA) is 111 Å². The van der Waals surface area contributed by atoms with Crippen LogP contribution in [-0.4, -0.2) is 35.9 Å². The summed E-state index contributed by atoms with van der Waals surface area (Å²) in [7, 11) is -3.25. The summed E-state index contributed by atoms with van der Waals surface area (Å²) in [5.41, 5.74) is 5.46. The molecule has 1 saturated carbocycles. The second-order valence-electron chi connectivity index (χ2n) is 10.9. The first-order chi connectivity index (χ1) is 20.5. The number of halogens is 2. The summed E-state index contributed by atoms with van der Waals surface area (Å²) in [6.07, 6.45) is 3.01. The Labute approximate surface area is 251 Å². The van der Waals surface area contributed by atoms with Crippen molar-refractivity contribution in [2.24, 2.45) is 11.1 Å². The van der Waals surface area contributed by atoms with Crippen molar-refractivity contribution in [2.75, 3.05) is 0 Å². The molecule has 0 radical (unpaired) electrons. The molecule has 0 spiro atoms. The molecule has 0 aliphatic heterocycles. The zero-order valence-electron chi connectivity index (χ0n) is 23.2. The third-order valence-corrected chi connectivity index (χ3v) is 9.37. The summed E-state index contributed by atoms with van der Waals surface area (Å²) in [5.74, 6) is 1.58. The Hall–Kier alpha value is -4.19. The SMILES string of the molecule is C=S(N)(=O)c1ccc(Cc2c(-c3ccc(F)c(-c4cccc(C)c4)c3)nn(-c3nc(C(=O)O)cs3)c2CC2CC2)cc1F. The van der Waals surface area contributed by atoms with Gasteiger partial charge in [0.1, 0.15) is 11.6 Å². The maximum absolute atomic E-state index is 15.2. The molecule has 6 rings (SSSR count). The van der Waals surface area contributed by atoms with Gasteiger partial charge in [0.2, 0.25) is 5.13 Å². The summed E-state index contributed by atoms with van der Waals surface area (Å²) in [4.78, 5) is 15.8. The van der Waals surface area contributed by atoms with E-state index in [2.05, 4.69) is 10.9 Å². The van der Waals surface area contributed by atoms with E-state index in [-0.39, 0.29) is 22.8 Å². The molecular weight excluding hydrogens is 591 g/mol. The predicted octanol–water partition coefficient (Wildman–Crippen LogP) is 6.44. The smallest absolute Gasteiger partial charge is 0.355 e. The average molecular weight is 619 g/mol. The van der Waals surface area contributed by atoms with Gasteiger partial charge in [0.15, 0.2) is 5.69 Å². The maximum Gasteiger partial charge on any atom is 0.355 e. The number of carboxylic acid groups (broad SMARTS) is 1. The van der Waals surface area contributed by atoms with Crippen LogP contribution in [0, 0.1) is 24.5 Å². The van der Waals surface area contributed by atoms with Crippen LogP contribution in [0.2, 0.25) is 0 Å². The van der Waals surface area contributed by atoms with Crippen LogP contribution in [0.5, 0.6) is 0 Å². The Kier molecular flexibility index (Phi) is 7.49. The van der Waals surface area contributed by atoms with Gasteiger partial charge in [0, 0.05) is 28.5 Å². The number of carboxylic acids is 1. The van der Waals surface area contributed by atoms with E-state index in [4.69, 9.17) is 10.2 Å². The van der Waals surface area contributed by atoms with Crippen LogP contribution < -0.4 is 5.14 Å². The lowest BCUT2D eigenvalue weighted by atomic mass is 9.94. The van der Waals surface area contributed by atoms with Crippen molar-refractivity contribution >= 4 is 32.9 Å². The highest BCUT2D eigenvalue weighted by Gasteiger charge is 2.30. The summed E-state index contributed by atoms with van der Waals surface area (Å²) in [6, 6.07) is 16.7. The first-order valence-corrected chi connectivity index (χ1v) is 16.3. The lowest BCUT2D eigenvalue weighted by molar-refractivity contribution is 0.0691. The van der Waals surface area contributed by atoms with Crippen molar-refractivity contribution in [3.63, 3.8) is 0 Å². The van der Waals surface area contributed by atoms with Crippen LogP contribution >= 0.6 is 11.3 Å². The van der Waals surface area contributed by atoms with Crippen molar-refractivity contribution in [2.45, 2.75) is 37.5 Å². The monoisotopic (exact) mass is 618 g/mol. The van der Waals surface area contributed by atoms with Gasteiger partial charge in [0.05, 0.1) is 26.0 Å². The summed E-state index contributed by atoms with van der Waals surface area (Å²) in [6.45, 7) is 1.94. The number of hydrogen-bond acceptors (Lipinski definition) is 5. The van der Waals surface area contributed by atoms with Crippen molar-refractivity contribution < 1.29 is 22.9 Å². The zero-order valence-corrected chi connectivity index (χ0v) is 24.9. The molecule has 1 aliphatic rings. The maximum atomic E-state index is 15.2. The summed E-state index contributed by atoms with van der Waals surface area (Å²) < 4.78 is 44.1. The van der Waals surface area contributed by atoms with Gasteiger partial charge in [-0.3, -0.25) is 5.14 Å². The molecule has 220 valence electrons. The minimum atomic E-state index is -3.25. The Morgan fingerprint density at radius 3 is 2.56 bits per heavy atom. The molecule has 5 aromatic rings. The predicted molar refractivity (Wildman–Crippen MR) is 165 cm³/mol. The van der Waals surface area contributed by atoms with Gasteiger partial charge in [-0.05, 0) is 79.4 Å². The van der Waals surface area contributed by atoms with Gasteiger partial charge < -0.3 is 5.11 Å². The largest absolute Gasteiger partial charge is 0.476 e. The first-order valence-electron chi connectivity index (χ1n) is 13.6. The average Bonchev–Trinajstić information content (AvgIpc) is 3.50. The number of carbonyl (C=O) groups is 1. The molecule has 3 aromatic carbocycles. The Bertz CT molecular complexity index is 2000. The molecule has 1 aliphatic carbocycles. The fourth-order valence-corrected chi connectivity index (χ4v) is 6.63. The molecule has 43 heavy (non-hydrogen) atoms. The minimum Gasteiger partial charge on any atom is -0.476 e. The quantitative estimate of drug-likeness (QED) is 0.185. The van der Waals surface area contributed by atoms with E-state index >= 15 is 8.78 Å². The fourth-order valence-electron chi connectivity index (χ4n) is 5.17. The Morgan fingerprint density at radius 1 is 1.12 bits per heavy atom. The van der Waals surface area contributed by atoms with E-state index < -0.39 is 21.5 Å². The molecule has 1 fully saturated rings.